The molecule has 0 N–H and O–H groups in total. The van der Waals surface area contributed by atoms with Crippen LogP contribution in [-0.2, 0) is 0 Å². The van der Waals surface area contributed by atoms with Crippen LogP contribution in [0.5, 0.6) is 0 Å². The van der Waals surface area contributed by atoms with Gasteiger partial charge in [0.2, 0.25) is 0 Å². The maximum Gasteiger partial charge on any atom is 0.272 e. The highest BCUT2D eigenvalue weighted by Crippen LogP contribution is 2.28. The molecular weight excluding hydrogens is 370 g/mol. The average molecular weight is 393 g/mol. The molecule has 0 saturated carbocycles. The van der Waals surface area contributed by atoms with Gasteiger partial charge in [0.15, 0.2) is 0 Å². The first-order valence-corrected chi connectivity index (χ1v) is 10.5. The SMILES string of the molecule is O=C(c1ccc2ccccc2n1)N1CCC[C@@H](c2cccc(-c3ccccc3)n2)C1. The minimum Gasteiger partial charge on any atom is -0.337 e. The predicted octanol–water partition coefficient (Wildman–Crippen LogP) is 5.32. The number of nitrogens with zero attached hydrogens (tertiary/aromatic N) is 3. The monoisotopic (exact) mass is 393 g/mol. The molecule has 4 heteroatoms. The molecule has 0 radical (unpaired) electrons. The van der Waals surface area contributed by atoms with Crippen LogP contribution in [0.25, 0.3) is 22.2 Å². The average Bonchev–Trinajstić information content (AvgIpc) is 2.84. The third kappa shape index (κ3) is 3.69. The van der Waals surface area contributed by atoms with Gasteiger partial charge in [0.25, 0.3) is 5.91 Å². The van der Waals surface area contributed by atoms with E-state index in [1.807, 2.05) is 65.6 Å². The number of likely N-dealkylation sites (tertiary alicyclic amines) is 1. The molecule has 0 bridgehead atoms. The van der Waals surface area contributed by atoms with Gasteiger partial charge in [-0.25, -0.2) is 4.98 Å². The molecule has 1 aliphatic heterocycles. The van der Waals surface area contributed by atoms with E-state index in [4.69, 9.17) is 4.98 Å². The predicted molar refractivity (Wildman–Crippen MR) is 119 cm³/mol. The Kier molecular flexibility index (Phi) is 4.98. The van der Waals surface area contributed by atoms with Gasteiger partial charge in [-0.3, -0.25) is 9.78 Å². The molecule has 4 nitrogen and oxygen atoms in total. The minimum absolute atomic E-state index is 0.00432. The van der Waals surface area contributed by atoms with Crippen molar-refractivity contribution in [2.45, 2.75) is 18.8 Å². The van der Waals surface area contributed by atoms with Crippen LogP contribution in [0.15, 0.2) is 84.9 Å². The van der Waals surface area contributed by atoms with E-state index in [1.165, 1.54) is 0 Å². The van der Waals surface area contributed by atoms with E-state index in [1.54, 1.807) is 0 Å². The summed E-state index contributed by atoms with van der Waals surface area (Å²) in [7, 11) is 0. The lowest BCUT2D eigenvalue weighted by Crippen LogP contribution is -2.39. The number of carbonyl (C=O) groups excluding carboxylic acids is 1. The fourth-order valence-corrected chi connectivity index (χ4v) is 4.20. The molecule has 1 aliphatic rings. The number of benzene rings is 2. The van der Waals surface area contributed by atoms with Crippen LogP contribution >= 0.6 is 0 Å². The van der Waals surface area contributed by atoms with Crippen molar-refractivity contribution in [2.24, 2.45) is 0 Å². The van der Waals surface area contributed by atoms with Crippen molar-refractivity contribution in [1.82, 2.24) is 14.9 Å². The Labute approximate surface area is 176 Å². The molecule has 5 rings (SSSR count). The Morgan fingerprint density at radius 2 is 1.67 bits per heavy atom. The normalized spacial score (nSPS) is 16.5. The van der Waals surface area contributed by atoms with E-state index >= 15 is 0 Å². The number of amides is 1. The third-order valence-corrected chi connectivity index (χ3v) is 5.78. The van der Waals surface area contributed by atoms with Crippen molar-refractivity contribution in [1.29, 1.82) is 0 Å². The minimum atomic E-state index is 0.00432. The maximum absolute atomic E-state index is 13.2. The number of aromatic nitrogens is 2. The fourth-order valence-electron chi connectivity index (χ4n) is 4.20. The smallest absolute Gasteiger partial charge is 0.272 e. The topological polar surface area (TPSA) is 46.1 Å². The lowest BCUT2D eigenvalue weighted by atomic mass is 9.93. The standard InChI is InChI=1S/C26H23N3O/c30-26(25-16-15-20-10-4-5-12-22(20)28-25)29-17-7-11-21(18-29)24-14-6-13-23(27-24)19-8-2-1-3-9-19/h1-6,8-10,12-16,21H,7,11,17-18H2/t21-/m1/s1. The number of carbonyl (C=O) groups is 1. The van der Waals surface area contributed by atoms with Gasteiger partial charge in [0.1, 0.15) is 5.69 Å². The Morgan fingerprint density at radius 1 is 0.833 bits per heavy atom. The molecule has 30 heavy (non-hydrogen) atoms. The molecule has 0 aliphatic carbocycles. The van der Waals surface area contributed by atoms with E-state index in [0.717, 1.165) is 47.2 Å². The first-order chi connectivity index (χ1) is 14.8. The second kappa shape index (κ2) is 8.07. The summed E-state index contributed by atoms with van der Waals surface area (Å²) in [5, 5.41) is 1.05. The van der Waals surface area contributed by atoms with Crippen LogP contribution < -0.4 is 0 Å². The van der Waals surface area contributed by atoms with Gasteiger partial charge in [0, 0.05) is 35.7 Å². The van der Waals surface area contributed by atoms with Crippen molar-refractivity contribution in [3.63, 3.8) is 0 Å². The first kappa shape index (κ1) is 18.5. The van der Waals surface area contributed by atoms with E-state index in [-0.39, 0.29) is 11.8 Å². The molecule has 3 heterocycles. The molecule has 0 spiro atoms. The molecular formula is C26H23N3O. The fraction of sp³-hybridized carbons (Fsp3) is 0.192. The summed E-state index contributed by atoms with van der Waals surface area (Å²) < 4.78 is 0. The van der Waals surface area contributed by atoms with Gasteiger partial charge in [-0.15, -0.1) is 0 Å². The van der Waals surface area contributed by atoms with Gasteiger partial charge in [0.05, 0.1) is 11.2 Å². The molecule has 1 atom stereocenters. The summed E-state index contributed by atoms with van der Waals surface area (Å²) in [5.74, 6) is 0.247. The number of pyridine rings is 2. The third-order valence-electron chi connectivity index (χ3n) is 5.78. The Balaban J connectivity index is 1.37. The zero-order chi connectivity index (χ0) is 20.3. The van der Waals surface area contributed by atoms with Gasteiger partial charge in [-0.1, -0.05) is 60.7 Å². The highest BCUT2D eigenvalue weighted by Gasteiger charge is 2.27. The van der Waals surface area contributed by atoms with Crippen molar-refractivity contribution in [2.75, 3.05) is 13.1 Å². The number of hydrogen-bond acceptors (Lipinski definition) is 3. The highest BCUT2D eigenvalue weighted by atomic mass is 16.2. The van der Waals surface area contributed by atoms with Crippen LogP contribution in [0.1, 0.15) is 34.9 Å². The second-order valence-corrected chi connectivity index (χ2v) is 7.79. The molecule has 2 aromatic heterocycles. The number of piperidine rings is 1. The first-order valence-electron chi connectivity index (χ1n) is 10.5. The second-order valence-electron chi connectivity index (χ2n) is 7.79. The van der Waals surface area contributed by atoms with Gasteiger partial charge in [-0.05, 0) is 37.1 Å². The molecule has 1 saturated heterocycles. The van der Waals surface area contributed by atoms with Crippen LogP contribution in [0.2, 0.25) is 0 Å². The number of hydrogen-bond donors (Lipinski definition) is 0. The van der Waals surface area contributed by atoms with E-state index in [9.17, 15) is 4.79 Å². The zero-order valence-corrected chi connectivity index (χ0v) is 16.7. The zero-order valence-electron chi connectivity index (χ0n) is 16.7. The van der Waals surface area contributed by atoms with Gasteiger partial charge >= 0.3 is 0 Å². The molecule has 1 fully saturated rings. The summed E-state index contributed by atoms with van der Waals surface area (Å²) in [6, 6.07) is 28.1. The molecule has 0 unspecified atom stereocenters. The maximum atomic E-state index is 13.2. The van der Waals surface area contributed by atoms with Crippen molar-refractivity contribution in [3.05, 3.63) is 96.3 Å². The number of para-hydroxylation sites is 1. The van der Waals surface area contributed by atoms with Gasteiger partial charge < -0.3 is 4.90 Å². The lowest BCUT2D eigenvalue weighted by Gasteiger charge is -2.32. The highest BCUT2D eigenvalue weighted by molar-refractivity contribution is 5.95. The number of rotatable bonds is 3. The van der Waals surface area contributed by atoms with Gasteiger partial charge in [-0.2, -0.15) is 0 Å². The van der Waals surface area contributed by atoms with E-state index in [2.05, 4.69) is 29.2 Å². The summed E-state index contributed by atoms with van der Waals surface area (Å²) in [6.07, 6.45) is 2.02. The largest absolute Gasteiger partial charge is 0.337 e. The molecule has 2 aromatic carbocycles. The van der Waals surface area contributed by atoms with Crippen LogP contribution in [0, 0.1) is 0 Å². The Morgan fingerprint density at radius 3 is 2.57 bits per heavy atom. The van der Waals surface area contributed by atoms with Crippen molar-refractivity contribution in [3.8, 4) is 11.3 Å². The summed E-state index contributed by atoms with van der Waals surface area (Å²) >= 11 is 0. The summed E-state index contributed by atoms with van der Waals surface area (Å²) in [4.78, 5) is 24.6. The van der Waals surface area contributed by atoms with Crippen LogP contribution in [0.4, 0.5) is 0 Å². The molecule has 1 amide bonds. The Bertz CT molecular complexity index is 1190. The molecule has 148 valence electrons. The quantitative estimate of drug-likeness (QED) is 0.473. The van der Waals surface area contributed by atoms with Crippen LogP contribution in [0.3, 0.4) is 0 Å². The van der Waals surface area contributed by atoms with Crippen LogP contribution in [-0.4, -0.2) is 33.9 Å². The summed E-state index contributed by atoms with van der Waals surface area (Å²) in [6.45, 7) is 1.45. The van der Waals surface area contributed by atoms with E-state index in [0.29, 0.717) is 12.2 Å². The van der Waals surface area contributed by atoms with Crippen molar-refractivity contribution >= 4 is 16.8 Å². The Hall–Kier alpha value is -3.53. The lowest BCUT2D eigenvalue weighted by molar-refractivity contribution is 0.0700. The number of fused-ring (bicyclic) bond motifs is 1. The summed E-state index contributed by atoms with van der Waals surface area (Å²) in [5.41, 5.74) is 4.52. The van der Waals surface area contributed by atoms with Crippen molar-refractivity contribution < 1.29 is 4.79 Å². The molecule has 4 aromatic rings. The van der Waals surface area contributed by atoms with E-state index < -0.39 is 0 Å².